The van der Waals surface area contributed by atoms with Gasteiger partial charge in [-0.05, 0) is 31.5 Å². The molecule has 0 spiro atoms. The number of nitrogens with two attached hydrogens (primary N) is 2. The third-order valence-corrected chi connectivity index (χ3v) is 4.03. The Bertz CT molecular complexity index is 559. The number of aromatic hydroxyl groups is 1. The van der Waals surface area contributed by atoms with Gasteiger partial charge in [0.15, 0.2) is 0 Å². The van der Waals surface area contributed by atoms with Crippen LogP contribution >= 0.6 is 20.2 Å². The van der Waals surface area contributed by atoms with E-state index in [0.717, 1.165) is 0 Å². The van der Waals surface area contributed by atoms with E-state index in [4.69, 9.17) is 11.0 Å². The van der Waals surface area contributed by atoms with Gasteiger partial charge in [0.1, 0.15) is 5.75 Å². The van der Waals surface area contributed by atoms with Crippen molar-refractivity contribution in [2.24, 2.45) is 11.0 Å². The smallest absolute Gasteiger partial charge is 1.00 e. The Kier molecular flexibility index (Phi) is 9.76. The van der Waals surface area contributed by atoms with Gasteiger partial charge in [0, 0.05) is 23.5 Å². The van der Waals surface area contributed by atoms with E-state index >= 15 is 0 Å². The molecule has 0 saturated heterocycles. The maximum absolute atomic E-state index is 11.9. The maximum atomic E-state index is 11.9. The summed E-state index contributed by atoms with van der Waals surface area (Å²) in [6, 6.07) is 4.65. The predicted octanol–water partition coefficient (Wildman–Crippen LogP) is -0.567. The zero-order chi connectivity index (χ0) is 14.5. The van der Waals surface area contributed by atoms with Crippen molar-refractivity contribution in [2.45, 2.75) is 24.7 Å². The normalized spacial score (nSPS) is 10.2. The average Bonchev–Trinajstić information content (AvgIpc) is 2.31. The molecule has 0 amide bonds. The van der Waals surface area contributed by atoms with Crippen LogP contribution in [0.5, 0.6) is 5.75 Å². The van der Waals surface area contributed by atoms with Crippen LogP contribution in [-0.4, -0.2) is 11.7 Å². The van der Waals surface area contributed by atoms with E-state index in [1.54, 1.807) is 19.1 Å². The van der Waals surface area contributed by atoms with Crippen LogP contribution in [0.25, 0.3) is 0 Å². The van der Waals surface area contributed by atoms with E-state index in [0.29, 0.717) is 30.0 Å². The largest absolute Gasteiger partial charge is 1.00 e. The Morgan fingerprint density at radius 3 is 2.65 bits per heavy atom. The van der Waals surface area contributed by atoms with Gasteiger partial charge in [-0.3, -0.25) is 20.2 Å². The zero-order valence-electron chi connectivity index (χ0n) is 12.7. The first-order chi connectivity index (χ1) is 8.86. The number of hydrogen-bond acceptors (Lipinski definition) is 3. The number of benzene rings is 1. The van der Waals surface area contributed by atoms with Crippen molar-refractivity contribution in [3.8, 4) is 17.6 Å². The molecule has 0 aromatic heterocycles. The molecule has 1 aromatic rings. The van der Waals surface area contributed by atoms with Crippen molar-refractivity contribution in [2.75, 3.05) is 11.2 Å². The standard InChI is InChI=1S/C12H18N3O2PS.K.H/c1-2-3-4-5-8-15(18(13,14)17)10-6-7-11(16)12(19)9-10;;/h6-7,9,16,19H,4-5,8H2,1H3,(H4,13,14,17);;/q;+1;-1. The molecule has 0 aliphatic heterocycles. The van der Waals surface area contributed by atoms with Gasteiger partial charge in [-0.1, -0.05) is 0 Å². The molecule has 0 saturated carbocycles. The van der Waals surface area contributed by atoms with Gasteiger partial charge >= 0.3 is 59.0 Å². The van der Waals surface area contributed by atoms with Gasteiger partial charge in [-0.15, -0.1) is 24.5 Å². The van der Waals surface area contributed by atoms with Gasteiger partial charge in [0.2, 0.25) is 0 Å². The van der Waals surface area contributed by atoms with Crippen molar-refractivity contribution in [3.05, 3.63) is 18.2 Å². The maximum Gasteiger partial charge on any atom is 1.00 e. The molecule has 1 rings (SSSR count). The molecule has 0 radical (unpaired) electrons. The second-order valence-corrected chi connectivity index (χ2v) is 6.31. The van der Waals surface area contributed by atoms with E-state index in [1.165, 1.54) is 10.7 Å². The van der Waals surface area contributed by atoms with Gasteiger partial charge in [0.05, 0.1) is 0 Å². The summed E-state index contributed by atoms with van der Waals surface area (Å²) in [6.07, 6.45) is 1.38. The second-order valence-electron chi connectivity index (χ2n) is 4.00. The fourth-order valence-electron chi connectivity index (χ4n) is 1.58. The van der Waals surface area contributed by atoms with Crippen molar-refractivity contribution in [3.63, 3.8) is 0 Å². The quantitative estimate of drug-likeness (QED) is 0.190. The number of nitrogens with zero attached hydrogens (tertiary/aromatic N) is 1. The van der Waals surface area contributed by atoms with Crippen LogP contribution in [0.3, 0.4) is 0 Å². The molecule has 106 valence electrons. The molecule has 5 N–H and O–H groups in total. The number of anilines is 1. The number of thiol groups is 1. The number of phenols is 1. The van der Waals surface area contributed by atoms with Crippen LogP contribution < -0.4 is 67.1 Å². The second kappa shape index (κ2) is 9.52. The minimum Gasteiger partial charge on any atom is -1.00 e. The van der Waals surface area contributed by atoms with Gasteiger partial charge in [0.25, 0.3) is 0 Å². The molecular weight excluding hydrogens is 320 g/mol. The number of unbranched alkanes of at least 4 members (excludes halogenated alkanes) is 1. The topological polar surface area (TPSA) is 92.6 Å². The molecule has 0 bridgehead atoms. The third-order valence-electron chi connectivity index (χ3n) is 2.48. The molecule has 5 nitrogen and oxygen atoms in total. The number of rotatable bonds is 5. The monoisotopic (exact) mass is 339 g/mol. The van der Waals surface area contributed by atoms with Gasteiger partial charge < -0.3 is 6.53 Å². The van der Waals surface area contributed by atoms with Crippen LogP contribution in [0.1, 0.15) is 21.2 Å². The Morgan fingerprint density at radius 2 is 2.15 bits per heavy atom. The molecule has 0 atom stereocenters. The predicted molar refractivity (Wildman–Crippen MR) is 82.5 cm³/mol. The van der Waals surface area contributed by atoms with E-state index in [-0.39, 0.29) is 58.6 Å². The fraction of sp³-hybridized carbons (Fsp3) is 0.333. The average molecular weight is 339 g/mol. The molecule has 1 aromatic carbocycles. The van der Waals surface area contributed by atoms with Crippen LogP contribution in [0.15, 0.2) is 23.1 Å². The summed E-state index contributed by atoms with van der Waals surface area (Å²) in [5.74, 6) is 5.76. The first-order valence-electron chi connectivity index (χ1n) is 5.73. The zero-order valence-corrected chi connectivity index (χ0v) is 16.6. The Morgan fingerprint density at radius 1 is 1.50 bits per heavy atom. The van der Waals surface area contributed by atoms with Crippen molar-refractivity contribution in [1.29, 1.82) is 0 Å². The molecule has 0 heterocycles. The Labute approximate surface area is 169 Å². The summed E-state index contributed by atoms with van der Waals surface area (Å²) < 4.78 is 13.4. The number of phenolic OH excluding ortho intramolecular Hbond substituents is 1. The summed E-state index contributed by atoms with van der Waals surface area (Å²) in [5.41, 5.74) is 11.7. The van der Waals surface area contributed by atoms with E-state index in [9.17, 15) is 9.67 Å². The summed E-state index contributed by atoms with van der Waals surface area (Å²) >= 11 is 4.11. The van der Waals surface area contributed by atoms with Gasteiger partial charge in [-0.2, -0.15) is 0 Å². The minimum atomic E-state index is -3.41. The molecule has 0 aliphatic carbocycles. The Hall–Kier alpha value is 0.516. The molecule has 8 heteroatoms. The first kappa shape index (κ1) is 20.5. The van der Waals surface area contributed by atoms with E-state index in [1.807, 2.05) is 0 Å². The van der Waals surface area contributed by atoms with Gasteiger partial charge in [-0.25, -0.2) is 0 Å². The molecule has 0 aliphatic rings. The summed E-state index contributed by atoms with van der Waals surface area (Å²) in [7, 11) is -3.41. The van der Waals surface area contributed by atoms with Crippen molar-refractivity contribution < 1.29 is 62.5 Å². The van der Waals surface area contributed by atoms with Crippen LogP contribution in [0, 0.1) is 11.8 Å². The molecule has 0 fully saturated rings. The van der Waals surface area contributed by atoms with E-state index < -0.39 is 7.59 Å². The molecular formula is C12H19KN3O2PS. The molecule has 20 heavy (non-hydrogen) atoms. The summed E-state index contributed by atoms with van der Waals surface area (Å²) in [4.78, 5) is 0.379. The first-order valence-corrected chi connectivity index (χ1v) is 7.97. The van der Waals surface area contributed by atoms with Crippen LogP contribution in [-0.2, 0) is 4.57 Å². The third kappa shape index (κ3) is 6.52. The number of hydrogen-bond donors (Lipinski definition) is 4. The van der Waals surface area contributed by atoms with Crippen LogP contribution in [0.4, 0.5) is 5.69 Å². The van der Waals surface area contributed by atoms with Crippen LogP contribution in [0.2, 0.25) is 0 Å². The van der Waals surface area contributed by atoms with Crippen molar-refractivity contribution in [1.82, 2.24) is 0 Å². The fourth-order valence-corrected chi connectivity index (χ4v) is 2.73. The van der Waals surface area contributed by atoms with Crippen molar-refractivity contribution >= 4 is 25.9 Å². The van der Waals surface area contributed by atoms with E-state index in [2.05, 4.69) is 24.5 Å². The molecule has 0 unspecified atom stereocenters. The summed E-state index contributed by atoms with van der Waals surface area (Å²) in [6.45, 7) is 2.19. The SMILES string of the molecule is CC#CCCCN(c1ccc(O)c(S)c1)P(N)(N)=O.[H-].[K+]. The Balaban J connectivity index is 0. The summed E-state index contributed by atoms with van der Waals surface area (Å²) in [5, 5.41) is 9.43. The minimum absolute atomic E-state index is 0.